The zero-order valence-electron chi connectivity index (χ0n) is 17.2. The lowest BCUT2D eigenvalue weighted by Crippen LogP contribution is -2.48. The van der Waals surface area contributed by atoms with Crippen LogP contribution in [-0.2, 0) is 16.6 Å². The fourth-order valence-electron chi connectivity index (χ4n) is 3.42. The van der Waals surface area contributed by atoms with Crippen LogP contribution in [0.1, 0.15) is 19.4 Å². The molecule has 0 aliphatic carbocycles. The van der Waals surface area contributed by atoms with E-state index in [4.69, 9.17) is 0 Å². The van der Waals surface area contributed by atoms with Gasteiger partial charge < -0.3 is 0 Å². The Kier molecular flexibility index (Phi) is 7.11. The first-order valence-electron chi connectivity index (χ1n) is 9.98. The Morgan fingerprint density at radius 3 is 2.60 bits per heavy atom. The van der Waals surface area contributed by atoms with Gasteiger partial charge in [-0.3, -0.25) is 20.7 Å². The average molecular weight is 438 g/mol. The number of nitrogens with zero attached hydrogens (tertiary/aromatic N) is 3. The lowest BCUT2D eigenvalue weighted by molar-refractivity contribution is 0.180. The number of benzene rings is 1. The van der Waals surface area contributed by atoms with Crippen LogP contribution in [0.25, 0.3) is 0 Å². The molecule has 2 heterocycles. The molecule has 0 spiro atoms. The molecule has 8 nitrogen and oxygen atoms in total. The molecule has 10 heteroatoms. The maximum absolute atomic E-state index is 14.9. The standard InChI is InChI=1S/C20H28FN5O3S/c1-3-30(28,29)25-13-11-24(12-14-25)15-17-8-6-9-18(19(17)21)22-23-20(27)26-10-5-4-7-16(26)2/h4-10,16,22H,3,11-15H2,1-2H3,(H,23,27). The van der Waals surface area contributed by atoms with E-state index >= 15 is 0 Å². The van der Waals surface area contributed by atoms with Crippen molar-refractivity contribution in [3.05, 3.63) is 54.0 Å². The molecular formula is C20H28FN5O3S. The van der Waals surface area contributed by atoms with E-state index in [0.29, 0.717) is 38.3 Å². The first kappa shape index (κ1) is 22.3. The lowest BCUT2D eigenvalue weighted by Gasteiger charge is -2.33. The van der Waals surface area contributed by atoms with Gasteiger partial charge >= 0.3 is 6.03 Å². The molecule has 1 aromatic carbocycles. The molecule has 0 bridgehead atoms. The summed E-state index contributed by atoms with van der Waals surface area (Å²) in [6, 6.07) is 4.49. The van der Waals surface area contributed by atoms with Gasteiger partial charge in [-0.25, -0.2) is 17.6 Å². The Bertz CT molecular complexity index is 926. The number of piperazine rings is 1. The van der Waals surface area contributed by atoms with Crippen LogP contribution in [0.2, 0.25) is 0 Å². The fraction of sp³-hybridized carbons (Fsp3) is 0.450. The van der Waals surface area contributed by atoms with Gasteiger partial charge in [-0.2, -0.15) is 4.31 Å². The summed E-state index contributed by atoms with van der Waals surface area (Å²) in [4.78, 5) is 15.8. The Labute approximate surface area is 177 Å². The monoisotopic (exact) mass is 437 g/mol. The lowest BCUT2D eigenvalue weighted by atomic mass is 10.1. The second kappa shape index (κ2) is 9.59. The zero-order valence-corrected chi connectivity index (χ0v) is 18.0. The Hall–Kier alpha value is -2.43. The summed E-state index contributed by atoms with van der Waals surface area (Å²) in [5, 5.41) is 0. The van der Waals surface area contributed by atoms with E-state index in [2.05, 4.69) is 10.9 Å². The Morgan fingerprint density at radius 1 is 1.20 bits per heavy atom. The number of carbonyl (C=O) groups is 1. The van der Waals surface area contributed by atoms with Crippen LogP contribution in [0.15, 0.2) is 42.6 Å². The molecule has 1 unspecified atom stereocenters. The molecule has 1 saturated heterocycles. The van der Waals surface area contributed by atoms with Crippen LogP contribution in [0.5, 0.6) is 0 Å². The highest BCUT2D eigenvalue weighted by molar-refractivity contribution is 7.89. The summed E-state index contributed by atoms with van der Waals surface area (Å²) < 4.78 is 40.4. The van der Waals surface area contributed by atoms with Gasteiger partial charge in [-0.1, -0.05) is 24.3 Å². The van der Waals surface area contributed by atoms with E-state index in [1.54, 1.807) is 37.4 Å². The smallest absolute Gasteiger partial charge is 0.296 e. The number of carbonyl (C=O) groups excluding carboxylic acids is 1. The minimum absolute atomic E-state index is 0.0867. The number of hydrogen-bond donors (Lipinski definition) is 2. The summed E-state index contributed by atoms with van der Waals surface area (Å²) in [6.07, 6.45) is 7.16. The Balaban J connectivity index is 1.57. The Morgan fingerprint density at radius 2 is 1.93 bits per heavy atom. The first-order valence-corrected chi connectivity index (χ1v) is 11.6. The number of hydrazine groups is 1. The van der Waals surface area contributed by atoms with Crippen molar-refractivity contribution in [1.29, 1.82) is 0 Å². The van der Waals surface area contributed by atoms with Gasteiger partial charge in [0.15, 0.2) is 5.82 Å². The number of sulfonamides is 1. The molecule has 0 saturated carbocycles. The number of allylic oxidation sites excluding steroid dienone is 2. The van der Waals surface area contributed by atoms with Crippen LogP contribution < -0.4 is 10.9 Å². The van der Waals surface area contributed by atoms with Gasteiger partial charge in [0.05, 0.1) is 17.5 Å². The van der Waals surface area contributed by atoms with E-state index in [9.17, 15) is 17.6 Å². The maximum Gasteiger partial charge on any atom is 0.340 e. The number of hydrogen-bond acceptors (Lipinski definition) is 5. The second-order valence-corrected chi connectivity index (χ2v) is 9.54. The highest BCUT2D eigenvalue weighted by atomic mass is 32.2. The largest absolute Gasteiger partial charge is 0.340 e. The van der Waals surface area contributed by atoms with Crippen LogP contribution in [0.4, 0.5) is 14.9 Å². The van der Waals surface area contributed by atoms with Crippen molar-refractivity contribution in [3.63, 3.8) is 0 Å². The second-order valence-electron chi connectivity index (χ2n) is 7.28. The molecule has 3 rings (SSSR count). The molecule has 164 valence electrons. The van der Waals surface area contributed by atoms with E-state index < -0.39 is 15.8 Å². The number of halogens is 1. The van der Waals surface area contributed by atoms with Crippen molar-refractivity contribution in [2.45, 2.75) is 26.4 Å². The van der Waals surface area contributed by atoms with E-state index in [1.165, 1.54) is 9.21 Å². The van der Waals surface area contributed by atoms with Crippen molar-refractivity contribution in [3.8, 4) is 0 Å². The van der Waals surface area contributed by atoms with Crippen LogP contribution in [0.3, 0.4) is 0 Å². The van der Waals surface area contributed by atoms with Crippen LogP contribution >= 0.6 is 0 Å². The number of urea groups is 1. The third-order valence-electron chi connectivity index (χ3n) is 5.29. The normalized spacial score (nSPS) is 20.4. The van der Waals surface area contributed by atoms with Crippen molar-refractivity contribution < 1.29 is 17.6 Å². The predicted molar refractivity (Wildman–Crippen MR) is 114 cm³/mol. The summed E-state index contributed by atoms with van der Waals surface area (Å²) in [7, 11) is -3.19. The van der Waals surface area contributed by atoms with Gasteiger partial charge in [0.2, 0.25) is 10.0 Å². The summed E-state index contributed by atoms with van der Waals surface area (Å²) >= 11 is 0. The SMILES string of the molecule is CCS(=O)(=O)N1CCN(Cc2cccc(NNC(=O)N3C=CC=CC3C)c2F)CC1. The number of amides is 2. The first-order chi connectivity index (χ1) is 14.3. The highest BCUT2D eigenvalue weighted by Gasteiger charge is 2.26. The zero-order chi connectivity index (χ0) is 21.7. The topological polar surface area (TPSA) is 85.0 Å². The molecule has 1 aromatic rings. The molecule has 0 aromatic heterocycles. The molecule has 0 radical (unpaired) electrons. The molecule has 1 fully saturated rings. The molecular weight excluding hydrogens is 409 g/mol. The quantitative estimate of drug-likeness (QED) is 0.666. The van der Waals surface area contributed by atoms with Gasteiger partial charge in [0.1, 0.15) is 0 Å². The van der Waals surface area contributed by atoms with E-state index in [-0.39, 0.29) is 23.5 Å². The van der Waals surface area contributed by atoms with Gasteiger partial charge in [0.25, 0.3) is 0 Å². The molecule has 2 amide bonds. The van der Waals surface area contributed by atoms with Gasteiger partial charge in [-0.15, -0.1) is 0 Å². The predicted octanol–water partition coefficient (Wildman–Crippen LogP) is 2.10. The van der Waals surface area contributed by atoms with E-state index in [1.807, 2.05) is 24.0 Å². The summed E-state index contributed by atoms with van der Waals surface area (Å²) in [5.74, 6) is -0.355. The molecule has 2 aliphatic rings. The minimum Gasteiger partial charge on any atom is -0.296 e. The average Bonchev–Trinajstić information content (AvgIpc) is 2.75. The number of anilines is 1. The third kappa shape index (κ3) is 5.18. The molecule has 2 aliphatic heterocycles. The number of nitrogens with one attached hydrogen (secondary N) is 2. The van der Waals surface area contributed by atoms with E-state index in [0.717, 1.165) is 0 Å². The van der Waals surface area contributed by atoms with Crippen molar-refractivity contribution >= 4 is 21.7 Å². The van der Waals surface area contributed by atoms with Gasteiger partial charge in [-0.05, 0) is 26.0 Å². The summed E-state index contributed by atoms with van der Waals surface area (Å²) in [5.41, 5.74) is 5.85. The molecule has 1 atom stereocenters. The van der Waals surface area contributed by atoms with Crippen molar-refractivity contribution in [2.24, 2.45) is 0 Å². The molecule has 30 heavy (non-hydrogen) atoms. The van der Waals surface area contributed by atoms with Crippen LogP contribution in [-0.4, -0.2) is 66.5 Å². The van der Waals surface area contributed by atoms with Crippen molar-refractivity contribution in [2.75, 3.05) is 37.4 Å². The molecule has 2 N–H and O–H groups in total. The third-order valence-corrected chi connectivity index (χ3v) is 7.17. The fourth-order valence-corrected chi connectivity index (χ4v) is 4.51. The maximum atomic E-state index is 14.9. The van der Waals surface area contributed by atoms with Crippen molar-refractivity contribution in [1.82, 2.24) is 19.5 Å². The number of rotatable bonds is 6. The minimum atomic E-state index is -3.19. The summed E-state index contributed by atoms with van der Waals surface area (Å²) in [6.45, 7) is 5.77. The van der Waals surface area contributed by atoms with Crippen LogP contribution in [0, 0.1) is 5.82 Å². The highest BCUT2D eigenvalue weighted by Crippen LogP contribution is 2.20. The van der Waals surface area contributed by atoms with Gasteiger partial charge in [0, 0.05) is 44.5 Å².